The predicted molar refractivity (Wildman–Crippen MR) is 82.5 cm³/mol. The first-order chi connectivity index (χ1) is 10.3. The van der Waals surface area contributed by atoms with Gasteiger partial charge in [0.05, 0.1) is 6.10 Å². The molecule has 3 nitrogen and oxygen atoms in total. The minimum Gasteiger partial charge on any atom is -0.490 e. The summed E-state index contributed by atoms with van der Waals surface area (Å²) in [6.45, 7) is 1.96. The summed E-state index contributed by atoms with van der Waals surface area (Å²) in [6.07, 6.45) is 1.91. The quantitative estimate of drug-likeness (QED) is 0.802. The molecule has 6 heteroatoms. The maximum Gasteiger partial charge on any atom is 0.374 e. The van der Waals surface area contributed by atoms with Crippen molar-refractivity contribution in [3.05, 3.63) is 28.2 Å². The predicted octanol–water partition coefficient (Wildman–Crippen LogP) is 4.81. The van der Waals surface area contributed by atoms with Gasteiger partial charge in [-0.05, 0) is 50.7 Å². The van der Waals surface area contributed by atoms with Crippen LogP contribution in [-0.4, -0.2) is 23.1 Å². The van der Waals surface area contributed by atoms with Crippen LogP contribution in [0.15, 0.2) is 22.7 Å². The lowest BCUT2D eigenvalue weighted by atomic mass is 9.83. The molecule has 0 atom stereocenters. The van der Waals surface area contributed by atoms with Crippen LogP contribution in [0.25, 0.3) is 0 Å². The Balaban J connectivity index is 1.87. The SMILES string of the molecule is Cc1c(Br)cccc1OC1CCC(CC(F)(F)C(=O)O)CC1. The number of carboxylic acid groups (broad SMARTS) is 1. The van der Waals surface area contributed by atoms with Crippen LogP contribution >= 0.6 is 15.9 Å². The number of aliphatic carboxylic acids is 1. The average Bonchev–Trinajstić information content (AvgIpc) is 2.45. The van der Waals surface area contributed by atoms with E-state index in [1.807, 2.05) is 25.1 Å². The van der Waals surface area contributed by atoms with Crippen molar-refractivity contribution < 1.29 is 23.4 Å². The Morgan fingerprint density at radius 1 is 1.36 bits per heavy atom. The Morgan fingerprint density at radius 2 is 2.00 bits per heavy atom. The third-order valence-electron chi connectivity index (χ3n) is 4.16. The fraction of sp³-hybridized carbons (Fsp3) is 0.562. The summed E-state index contributed by atoms with van der Waals surface area (Å²) in [4.78, 5) is 10.5. The Hall–Kier alpha value is -1.17. The van der Waals surface area contributed by atoms with Gasteiger partial charge in [0.25, 0.3) is 0 Å². The third kappa shape index (κ3) is 4.18. The average molecular weight is 377 g/mol. The molecule has 1 aliphatic rings. The zero-order valence-electron chi connectivity index (χ0n) is 12.3. The normalized spacial score (nSPS) is 22.4. The molecule has 0 aliphatic heterocycles. The molecule has 1 N–H and O–H groups in total. The minimum absolute atomic E-state index is 0.00250. The highest BCUT2D eigenvalue weighted by molar-refractivity contribution is 9.10. The smallest absolute Gasteiger partial charge is 0.374 e. The van der Waals surface area contributed by atoms with E-state index < -0.39 is 18.3 Å². The maximum absolute atomic E-state index is 13.2. The largest absolute Gasteiger partial charge is 0.490 e. The first kappa shape index (κ1) is 17.2. The van der Waals surface area contributed by atoms with Gasteiger partial charge in [0.1, 0.15) is 5.75 Å². The molecule has 2 rings (SSSR count). The van der Waals surface area contributed by atoms with Crippen molar-refractivity contribution in [2.45, 2.75) is 51.1 Å². The van der Waals surface area contributed by atoms with E-state index in [0.717, 1.165) is 15.8 Å². The van der Waals surface area contributed by atoms with Crippen LogP contribution in [0, 0.1) is 12.8 Å². The number of hydrogen-bond acceptors (Lipinski definition) is 2. The van der Waals surface area contributed by atoms with Gasteiger partial charge in [0.15, 0.2) is 0 Å². The van der Waals surface area contributed by atoms with Crippen LogP contribution in [0.4, 0.5) is 8.78 Å². The van der Waals surface area contributed by atoms with E-state index in [9.17, 15) is 13.6 Å². The molecule has 1 aromatic carbocycles. The van der Waals surface area contributed by atoms with Crippen molar-refractivity contribution in [2.75, 3.05) is 0 Å². The zero-order chi connectivity index (χ0) is 16.3. The highest BCUT2D eigenvalue weighted by Crippen LogP contribution is 2.36. The van der Waals surface area contributed by atoms with Crippen molar-refractivity contribution in [1.82, 2.24) is 0 Å². The molecule has 1 saturated carbocycles. The molecule has 122 valence electrons. The van der Waals surface area contributed by atoms with Crippen LogP contribution in [0.5, 0.6) is 5.75 Å². The van der Waals surface area contributed by atoms with Gasteiger partial charge in [-0.15, -0.1) is 0 Å². The molecular weight excluding hydrogens is 358 g/mol. The van der Waals surface area contributed by atoms with E-state index in [2.05, 4.69) is 15.9 Å². The van der Waals surface area contributed by atoms with Crippen LogP contribution in [-0.2, 0) is 4.79 Å². The molecule has 0 aromatic heterocycles. The van der Waals surface area contributed by atoms with Crippen LogP contribution in [0.1, 0.15) is 37.7 Å². The maximum atomic E-state index is 13.2. The summed E-state index contributed by atoms with van der Waals surface area (Å²) in [5.74, 6) is -5.11. The molecule has 0 spiro atoms. The lowest BCUT2D eigenvalue weighted by molar-refractivity contribution is -0.167. The van der Waals surface area contributed by atoms with E-state index in [1.54, 1.807) is 0 Å². The van der Waals surface area contributed by atoms with E-state index in [4.69, 9.17) is 9.84 Å². The van der Waals surface area contributed by atoms with Crippen molar-refractivity contribution in [1.29, 1.82) is 0 Å². The minimum atomic E-state index is -3.63. The van der Waals surface area contributed by atoms with Gasteiger partial charge in [-0.25, -0.2) is 4.79 Å². The van der Waals surface area contributed by atoms with Crippen molar-refractivity contribution >= 4 is 21.9 Å². The molecule has 0 radical (unpaired) electrons. The first-order valence-corrected chi connectivity index (χ1v) is 8.12. The second-order valence-electron chi connectivity index (χ2n) is 5.84. The molecule has 1 aromatic rings. The third-order valence-corrected chi connectivity index (χ3v) is 5.02. The second-order valence-corrected chi connectivity index (χ2v) is 6.69. The van der Waals surface area contributed by atoms with Gasteiger partial charge in [0.2, 0.25) is 0 Å². The van der Waals surface area contributed by atoms with E-state index >= 15 is 0 Å². The summed E-state index contributed by atoms with van der Waals surface area (Å²) in [5.41, 5.74) is 1.02. The van der Waals surface area contributed by atoms with Gasteiger partial charge in [-0.2, -0.15) is 8.78 Å². The zero-order valence-corrected chi connectivity index (χ0v) is 13.9. The Labute approximate surface area is 136 Å². The lowest BCUT2D eigenvalue weighted by Gasteiger charge is -2.30. The molecule has 0 unspecified atom stereocenters. The molecule has 0 saturated heterocycles. The number of alkyl halides is 2. The summed E-state index contributed by atoms with van der Waals surface area (Å²) in [6, 6.07) is 5.73. The molecule has 0 bridgehead atoms. The number of hydrogen-bond donors (Lipinski definition) is 1. The number of carbonyl (C=O) groups is 1. The van der Waals surface area contributed by atoms with Crippen LogP contribution < -0.4 is 4.74 Å². The van der Waals surface area contributed by atoms with Crippen molar-refractivity contribution in [2.24, 2.45) is 5.92 Å². The summed E-state index contributed by atoms with van der Waals surface area (Å²) < 4.78 is 33.4. The number of rotatable bonds is 5. The van der Waals surface area contributed by atoms with Crippen molar-refractivity contribution in [3.8, 4) is 5.75 Å². The standard InChI is InChI=1S/C16H19BrF2O3/c1-10-13(17)3-2-4-14(10)22-12-7-5-11(6-8-12)9-16(18,19)15(20)21/h2-4,11-12H,5-9H2,1H3,(H,20,21). The fourth-order valence-electron chi connectivity index (χ4n) is 2.80. The van der Waals surface area contributed by atoms with E-state index in [-0.39, 0.29) is 12.0 Å². The molecule has 1 aliphatic carbocycles. The number of carboxylic acids is 1. The highest BCUT2D eigenvalue weighted by Gasteiger charge is 2.41. The number of ether oxygens (including phenoxy) is 1. The van der Waals surface area contributed by atoms with Gasteiger partial charge in [-0.1, -0.05) is 22.0 Å². The van der Waals surface area contributed by atoms with Gasteiger partial charge in [0, 0.05) is 16.5 Å². The topological polar surface area (TPSA) is 46.5 Å². The Bertz CT molecular complexity index is 540. The summed E-state index contributed by atoms with van der Waals surface area (Å²) in [7, 11) is 0. The van der Waals surface area contributed by atoms with E-state index in [0.29, 0.717) is 25.7 Å². The Kier molecular flexibility index (Phi) is 5.42. The summed E-state index contributed by atoms with van der Waals surface area (Å²) >= 11 is 3.45. The molecule has 1 fully saturated rings. The first-order valence-electron chi connectivity index (χ1n) is 7.32. The van der Waals surface area contributed by atoms with Gasteiger partial charge >= 0.3 is 11.9 Å². The second kappa shape index (κ2) is 6.94. The number of benzene rings is 1. The highest BCUT2D eigenvalue weighted by atomic mass is 79.9. The lowest BCUT2D eigenvalue weighted by Crippen LogP contribution is -2.33. The summed E-state index contributed by atoms with van der Waals surface area (Å²) in [5, 5.41) is 8.50. The number of halogens is 3. The Morgan fingerprint density at radius 3 is 2.59 bits per heavy atom. The molecular formula is C16H19BrF2O3. The fourth-order valence-corrected chi connectivity index (χ4v) is 3.15. The molecule has 22 heavy (non-hydrogen) atoms. The van der Waals surface area contributed by atoms with Crippen LogP contribution in [0.3, 0.4) is 0 Å². The van der Waals surface area contributed by atoms with Gasteiger partial charge in [-0.3, -0.25) is 0 Å². The van der Waals surface area contributed by atoms with E-state index in [1.165, 1.54) is 0 Å². The monoisotopic (exact) mass is 376 g/mol. The molecule has 0 heterocycles. The van der Waals surface area contributed by atoms with Crippen LogP contribution in [0.2, 0.25) is 0 Å². The van der Waals surface area contributed by atoms with Gasteiger partial charge < -0.3 is 9.84 Å². The molecule has 0 amide bonds. The van der Waals surface area contributed by atoms with Crippen molar-refractivity contribution in [3.63, 3.8) is 0 Å².